The van der Waals surface area contributed by atoms with Gasteiger partial charge in [0, 0.05) is 0 Å². The van der Waals surface area contributed by atoms with E-state index in [9.17, 15) is 4.79 Å². The van der Waals surface area contributed by atoms with Gasteiger partial charge in [-0.15, -0.1) is 0 Å². The summed E-state index contributed by atoms with van der Waals surface area (Å²) >= 11 is 0. The molecule has 3 heteroatoms. The fourth-order valence-corrected chi connectivity index (χ4v) is 7.72. The highest BCUT2D eigenvalue weighted by Crippen LogP contribution is 2.62. The van der Waals surface area contributed by atoms with Crippen molar-refractivity contribution in [3.05, 3.63) is 0 Å². The number of carbonyl (C=O) groups excluding carboxylic acids is 1. The molecule has 1 atom stereocenters. The molecule has 0 aromatic heterocycles. The molecule has 0 amide bonds. The quantitative estimate of drug-likeness (QED) is 0.671. The van der Waals surface area contributed by atoms with E-state index in [1.807, 2.05) is 0 Å². The molecule has 138 valence electrons. The maximum Gasteiger partial charge on any atom is 0.312 e. The lowest BCUT2D eigenvalue weighted by Crippen LogP contribution is -2.51. The zero-order valence-corrected chi connectivity index (χ0v) is 15.8. The van der Waals surface area contributed by atoms with Crippen molar-refractivity contribution in [3.63, 3.8) is 0 Å². The third kappa shape index (κ3) is 2.59. The summed E-state index contributed by atoms with van der Waals surface area (Å²) in [5.74, 6) is 2.86. The van der Waals surface area contributed by atoms with Crippen molar-refractivity contribution in [2.45, 2.75) is 102 Å². The summed E-state index contributed by atoms with van der Waals surface area (Å²) in [6, 6.07) is 0.421. The van der Waals surface area contributed by atoms with Crippen molar-refractivity contribution in [1.82, 2.24) is 0 Å². The predicted molar refractivity (Wildman–Crippen MR) is 98.6 cm³/mol. The summed E-state index contributed by atoms with van der Waals surface area (Å²) in [4.78, 5) is 17.5. The molecule has 6 rings (SSSR count). The predicted octanol–water partition coefficient (Wildman–Crippen LogP) is 5.07. The molecule has 0 aromatic rings. The van der Waals surface area contributed by atoms with E-state index in [0.29, 0.717) is 17.9 Å². The number of ether oxygens (including phenoxy) is 1. The molecule has 1 saturated heterocycles. The number of carbonyl (C=O) groups is 1. The van der Waals surface area contributed by atoms with Gasteiger partial charge >= 0.3 is 5.97 Å². The van der Waals surface area contributed by atoms with Gasteiger partial charge in [-0.1, -0.05) is 13.3 Å². The lowest BCUT2D eigenvalue weighted by Gasteiger charge is -2.58. The van der Waals surface area contributed by atoms with Crippen LogP contribution in [0.25, 0.3) is 0 Å². The van der Waals surface area contributed by atoms with Gasteiger partial charge in [-0.05, 0) is 93.8 Å². The largest absolute Gasteiger partial charge is 0.453 e. The Morgan fingerprint density at radius 3 is 2.20 bits per heavy atom. The fourth-order valence-electron chi connectivity index (χ4n) is 7.72. The van der Waals surface area contributed by atoms with Crippen LogP contribution in [0.3, 0.4) is 0 Å². The average molecular weight is 344 g/mol. The van der Waals surface area contributed by atoms with E-state index in [1.54, 1.807) is 0 Å². The Bertz CT molecular complexity index is 552. The van der Waals surface area contributed by atoms with Crippen LogP contribution in [-0.2, 0) is 9.53 Å². The first-order valence-corrected chi connectivity index (χ1v) is 10.9. The van der Waals surface area contributed by atoms with Crippen LogP contribution in [0.5, 0.6) is 0 Å². The number of esters is 1. The lowest BCUT2D eigenvalue weighted by molar-refractivity contribution is -0.148. The summed E-state index contributed by atoms with van der Waals surface area (Å²) in [6.07, 6.45) is 15.9. The molecule has 0 aromatic carbocycles. The number of hydrogen-bond donors (Lipinski definition) is 0. The van der Waals surface area contributed by atoms with Gasteiger partial charge in [0.1, 0.15) is 0 Å². The van der Waals surface area contributed by atoms with Gasteiger partial charge in [0.05, 0.1) is 18.2 Å². The minimum Gasteiger partial charge on any atom is -0.453 e. The average Bonchev–Trinajstić information content (AvgIpc) is 2.86. The molecule has 5 aliphatic carbocycles. The zero-order chi connectivity index (χ0) is 17.1. The molecule has 5 saturated carbocycles. The summed E-state index contributed by atoms with van der Waals surface area (Å²) in [5, 5.41) is 0. The van der Waals surface area contributed by atoms with Gasteiger partial charge in [0.15, 0.2) is 5.60 Å². The van der Waals surface area contributed by atoms with E-state index in [-0.39, 0.29) is 11.6 Å². The van der Waals surface area contributed by atoms with Crippen LogP contribution in [0.2, 0.25) is 0 Å². The summed E-state index contributed by atoms with van der Waals surface area (Å²) in [5.41, 5.74) is 1.25. The second-order valence-electron chi connectivity index (χ2n) is 9.99. The smallest absolute Gasteiger partial charge is 0.312 e. The summed E-state index contributed by atoms with van der Waals surface area (Å²) in [7, 11) is 0. The van der Waals surface area contributed by atoms with Crippen LogP contribution in [0.1, 0.15) is 90.4 Å². The Hall–Kier alpha value is -0.860. The van der Waals surface area contributed by atoms with Crippen LogP contribution >= 0.6 is 0 Å². The molecule has 0 radical (unpaired) electrons. The Morgan fingerprint density at radius 2 is 1.64 bits per heavy atom. The SMILES string of the molecule is CC[C@H](N=C1CC(=O)OC12CCCCC2)C12CC3CC(CC(C3)C1)C2. The Morgan fingerprint density at radius 1 is 1.04 bits per heavy atom. The van der Waals surface area contributed by atoms with Crippen LogP contribution in [0, 0.1) is 23.2 Å². The Balaban J connectivity index is 1.46. The molecule has 1 aliphatic heterocycles. The number of nitrogens with zero attached hydrogens (tertiary/aromatic N) is 1. The number of rotatable bonds is 3. The molecule has 6 fully saturated rings. The highest BCUT2D eigenvalue weighted by Gasteiger charge is 2.55. The minimum absolute atomic E-state index is 0.0268. The highest BCUT2D eigenvalue weighted by atomic mass is 16.6. The maximum absolute atomic E-state index is 12.1. The Labute approximate surface area is 152 Å². The summed E-state index contributed by atoms with van der Waals surface area (Å²) in [6.45, 7) is 2.32. The monoisotopic (exact) mass is 343 g/mol. The van der Waals surface area contributed by atoms with Gasteiger partial charge < -0.3 is 4.74 Å². The van der Waals surface area contributed by atoms with Crippen molar-refractivity contribution in [1.29, 1.82) is 0 Å². The molecule has 0 unspecified atom stereocenters. The van der Waals surface area contributed by atoms with Crippen molar-refractivity contribution in [2.24, 2.45) is 28.2 Å². The molecule has 6 aliphatic rings. The second kappa shape index (κ2) is 5.82. The van der Waals surface area contributed by atoms with E-state index < -0.39 is 0 Å². The highest BCUT2D eigenvalue weighted by molar-refractivity contribution is 6.09. The van der Waals surface area contributed by atoms with Crippen molar-refractivity contribution >= 4 is 11.7 Å². The molecular weight excluding hydrogens is 310 g/mol. The van der Waals surface area contributed by atoms with Crippen LogP contribution < -0.4 is 0 Å². The molecule has 0 N–H and O–H groups in total. The normalized spacial score (nSPS) is 44.4. The first kappa shape index (κ1) is 16.3. The van der Waals surface area contributed by atoms with Gasteiger partial charge in [-0.3, -0.25) is 9.79 Å². The van der Waals surface area contributed by atoms with Crippen molar-refractivity contribution in [2.75, 3.05) is 0 Å². The lowest BCUT2D eigenvalue weighted by atomic mass is 9.47. The summed E-state index contributed by atoms with van der Waals surface area (Å²) < 4.78 is 5.90. The molecule has 3 nitrogen and oxygen atoms in total. The van der Waals surface area contributed by atoms with Crippen LogP contribution in [-0.4, -0.2) is 23.3 Å². The third-order valence-corrected chi connectivity index (χ3v) is 8.30. The molecule has 4 bridgehead atoms. The van der Waals surface area contributed by atoms with E-state index in [4.69, 9.17) is 9.73 Å². The van der Waals surface area contributed by atoms with Crippen molar-refractivity contribution < 1.29 is 9.53 Å². The first-order valence-electron chi connectivity index (χ1n) is 10.9. The topological polar surface area (TPSA) is 38.7 Å². The number of hydrogen-bond acceptors (Lipinski definition) is 3. The number of aliphatic imine (C=N–C) groups is 1. The Kier molecular flexibility index (Phi) is 3.80. The molecule has 25 heavy (non-hydrogen) atoms. The fraction of sp³-hybridized carbons (Fsp3) is 0.909. The molecular formula is C22H33NO2. The van der Waals surface area contributed by atoms with Crippen LogP contribution in [0.15, 0.2) is 4.99 Å². The van der Waals surface area contributed by atoms with E-state index in [2.05, 4.69) is 6.92 Å². The molecule has 1 heterocycles. The zero-order valence-electron chi connectivity index (χ0n) is 15.8. The van der Waals surface area contributed by atoms with E-state index in [0.717, 1.165) is 42.7 Å². The van der Waals surface area contributed by atoms with Gasteiger partial charge in [0.25, 0.3) is 0 Å². The van der Waals surface area contributed by atoms with E-state index >= 15 is 0 Å². The third-order valence-electron chi connectivity index (χ3n) is 8.30. The second-order valence-corrected chi connectivity index (χ2v) is 9.99. The van der Waals surface area contributed by atoms with Crippen LogP contribution in [0.4, 0.5) is 0 Å². The van der Waals surface area contributed by atoms with Gasteiger partial charge in [0.2, 0.25) is 0 Å². The first-order chi connectivity index (χ1) is 12.1. The van der Waals surface area contributed by atoms with Gasteiger partial charge in [-0.2, -0.15) is 0 Å². The molecule has 1 spiro atoms. The minimum atomic E-state index is -0.314. The van der Waals surface area contributed by atoms with Crippen molar-refractivity contribution in [3.8, 4) is 0 Å². The standard InChI is InChI=1S/C22H33NO2/c1-2-18(21-12-15-8-16(13-21)10-17(9-15)14-21)23-19-11-20(24)25-22(19)6-4-3-5-7-22/h15-18H,2-14H2,1H3/t15?,16?,17?,18-,21?/m0/s1. The van der Waals surface area contributed by atoms with E-state index in [1.165, 1.54) is 57.8 Å². The maximum atomic E-state index is 12.1. The van der Waals surface area contributed by atoms with Gasteiger partial charge in [-0.25, -0.2) is 0 Å².